The van der Waals surface area contributed by atoms with Gasteiger partial charge >= 0.3 is 0 Å². The van der Waals surface area contributed by atoms with Gasteiger partial charge in [0, 0.05) is 25.5 Å². The first kappa shape index (κ1) is 11.4. The quantitative estimate of drug-likeness (QED) is 0.751. The van der Waals surface area contributed by atoms with Crippen molar-refractivity contribution in [3.63, 3.8) is 0 Å². The molecule has 0 radical (unpaired) electrons. The molecule has 0 amide bonds. The normalized spacial score (nSPS) is 11.9. The molecule has 0 N–H and O–H groups in total. The molecule has 0 aliphatic heterocycles. The summed E-state index contributed by atoms with van der Waals surface area (Å²) in [4.78, 5) is 10.5. The lowest BCUT2D eigenvalue weighted by Crippen LogP contribution is -2.25. The SMILES string of the molecule is Cc1cnc(N(C)C[C@H](C)C#N)nc1C. The Labute approximate surface area is 90.6 Å². The van der Waals surface area contributed by atoms with E-state index >= 15 is 0 Å². The number of anilines is 1. The van der Waals surface area contributed by atoms with E-state index in [0.29, 0.717) is 12.5 Å². The lowest BCUT2D eigenvalue weighted by Gasteiger charge is -2.18. The average Bonchev–Trinajstić information content (AvgIpc) is 2.21. The number of nitrogens with zero attached hydrogens (tertiary/aromatic N) is 4. The van der Waals surface area contributed by atoms with Gasteiger partial charge in [-0.2, -0.15) is 5.26 Å². The van der Waals surface area contributed by atoms with Gasteiger partial charge < -0.3 is 4.90 Å². The molecule has 0 fully saturated rings. The first-order valence-electron chi connectivity index (χ1n) is 4.95. The van der Waals surface area contributed by atoms with E-state index in [-0.39, 0.29) is 5.92 Å². The van der Waals surface area contributed by atoms with Crippen LogP contribution < -0.4 is 4.90 Å². The van der Waals surface area contributed by atoms with E-state index in [2.05, 4.69) is 16.0 Å². The number of nitriles is 1. The third kappa shape index (κ3) is 2.91. The topological polar surface area (TPSA) is 52.8 Å². The second-order valence-corrected chi connectivity index (χ2v) is 3.85. The van der Waals surface area contributed by atoms with E-state index in [1.165, 1.54) is 0 Å². The lowest BCUT2D eigenvalue weighted by atomic mass is 10.2. The van der Waals surface area contributed by atoms with Crippen LogP contribution in [0.2, 0.25) is 0 Å². The Morgan fingerprint density at radius 2 is 2.20 bits per heavy atom. The minimum absolute atomic E-state index is 0.0137. The molecular weight excluding hydrogens is 188 g/mol. The number of hydrogen-bond donors (Lipinski definition) is 0. The van der Waals surface area contributed by atoms with E-state index in [1.54, 1.807) is 0 Å². The van der Waals surface area contributed by atoms with Crippen LogP contribution in [0, 0.1) is 31.1 Å². The Hall–Kier alpha value is -1.63. The summed E-state index contributed by atoms with van der Waals surface area (Å²) in [5.41, 5.74) is 2.07. The highest BCUT2D eigenvalue weighted by atomic mass is 15.2. The zero-order valence-electron chi connectivity index (χ0n) is 9.65. The van der Waals surface area contributed by atoms with E-state index < -0.39 is 0 Å². The molecule has 0 saturated carbocycles. The summed E-state index contributed by atoms with van der Waals surface area (Å²) in [6.07, 6.45) is 1.81. The minimum atomic E-state index is -0.0137. The second kappa shape index (κ2) is 4.74. The lowest BCUT2D eigenvalue weighted by molar-refractivity contribution is 0.700. The van der Waals surface area contributed by atoms with Gasteiger partial charge in [0.2, 0.25) is 5.95 Å². The Kier molecular flexibility index (Phi) is 3.62. The van der Waals surface area contributed by atoms with E-state index in [1.807, 2.05) is 38.9 Å². The molecule has 1 aromatic rings. The fourth-order valence-corrected chi connectivity index (χ4v) is 1.23. The fraction of sp³-hybridized carbons (Fsp3) is 0.545. The van der Waals surface area contributed by atoms with Gasteiger partial charge in [0.05, 0.1) is 12.0 Å². The maximum atomic E-state index is 8.71. The molecule has 1 aromatic heterocycles. The van der Waals surface area contributed by atoms with Crippen molar-refractivity contribution >= 4 is 5.95 Å². The van der Waals surface area contributed by atoms with Crippen LogP contribution in [0.3, 0.4) is 0 Å². The monoisotopic (exact) mass is 204 g/mol. The van der Waals surface area contributed by atoms with Gasteiger partial charge in [0.25, 0.3) is 0 Å². The summed E-state index contributed by atoms with van der Waals surface area (Å²) in [5.74, 6) is 0.667. The standard InChI is InChI=1S/C11H16N4/c1-8(5-12)7-15(4)11-13-6-9(2)10(3)14-11/h6,8H,7H2,1-4H3/t8-/m1/s1. The zero-order chi connectivity index (χ0) is 11.4. The summed E-state index contributed by atoms with van der Waals surface area (Å²) in [6.45, 7) is 6.48. The van der Waals surface area contributed by atoms with Crippen molar-refractivity contribution in [3.05, 3.63) is 17.5 Å². The first-order valence-corrected chi connectivity index (χ1v) is 4.95. The van der Waals surface area contributed by atoms with Crippen molar-refractivity contribution in [1.29, 1.82) is 5.26 Å². The van der Waals surface area contributed by atoms with Gasteiger partial charge in [-0.05, 0) is 26.3 Å². The third-order valence-electron chi connectivity index (χ3n) is 2.32. The molecule has 0 aromatic carbocycles. The fourth-order valence-electron chi connectivity index (χ4n) is 1.23. The molecule has 4 nitrogen and oxygen atoms in total. The number of aryl methyl sites for hydroxylation is 2. The van der Waals surface area contributed by atoms with E-state index in [4.69, 9.17) is 5.26 Å². The van der Waals surface area contributed by atoms with Gasteiger partial charge in [-0.1, -0.05) is 0 Å². The molecule has 80 valence electrons. The zero-order valence-corrected chi connectivity index (χ0v) is 9.65. The minimum Gasteiger partial charge on any atom is -0.343 e. The summed E-state index contributed by atoms with van der Waals surface area (Å²) < 4.78 is 0. The van der Waals surface area contributed by atoms with Gasteiger partial charge in [-0.25, -0.2) is 9.97 Å². The highest BCUT2D eigenvalue weighted by Gasteiger charge is 2.09. The van der Waals surface area contributed by atoms with Crippen LogP contribution >= 0.6 is 0 Å². The molecule has 1 heterocycles. The maximum absolute atomic E-state index is 8.71. The van der Waals surface area contributed by atoms with Crippen LogP contribution in [0.4, 0.5) is 5.95 Å². The number of rotatable bonds is 3. The van der Waals surface area contributed by atoms with Crippen LogP contribution in [0.5, 0.6) is 0 Å². The Morgan fingerprint density at radius 1 is 1.53 bits per heavy atom. The summed E-state index contributed by atoms with van der Waals surface area (Å²) in [6, 6.07) is 2.19. The molecule has 0 bridgehead atoms. The number of aromatic nitrogens is 2. The predicted molar refractivity (Wildman–Crippen MR) is 59.6 cm³/mol. The molecule has 4 heteroatoms. The van der Waals surface area contributed by atoms with Crippen LogP contribution in [-0.2, 0) is 0 Å². The highest BCUT2D eigenvalue weighted by molar-refractivity contribution is 5.31. The van der Waals surface area contributed by atoms with Gasteiger partial charge in [-0.3, -0.25) is 0 Å². The molecular formula is C11H16N4. The van der Waals surface area contributed by atoms with Crippen molar-refractivity contribution in [2.75, 3.05) is 18.5 Å². The maximum Gasteiger partial charge on any atom is 0.225 e. The van der Waals surface area contributed by atoms with Crippen molar-refractivity contribution in [1.82, 2.24) is 9.97 Å². The van der Waals surface area contributed by atoms with E-state index in [9.17, 15) is 0 Å². The Morgan fingerprint density at radius 3 is 2.73 bits per heavy atom. The van der Waals surface area contributed by atoms with Crippen LogP contribution in [0.1, 0.15) is 18.2 Å². The average molecular weight is 204 g/mol. The van der Waals surface area contributed by atoms with Crippen molar-refractivity contribution in [3.8, 4) is 6.07 Å². The van der Waals surface area contributed by atoms with Gasteiger partial charge in [0.15, 0.2) is 0 Å². The summed E-state index contributed by atoms with van der Waals surface area (Å²) >= 11 is 0. The predicted octanol–water partition coefficient (Wildman–Crippen LogP) is 1.69. The molecule has 0 aliphatic carbocycles. The van der Waals surface area contributed by atoms with Crippen molar-refractivity contribution < 1.29 is 0 Å². The largest absolute Gasteiger partial charge is 0.343 e. The highest BCUT2D eigenvalue weighted by Crippen LogP contribution is 2.10. The van der Waals surface area contributed by atoms with Crippen molar-refractivity contribution in [2.24, 2.45) is 5.92 Å². The summed E-state index contributed by atoms with van der Waals surface area (Å²) in [7, 11) is 1.90. The molecule has 1 rings (SSSR count). The second-order valence-electron chi connectivity index (χ2n) is 3.85. The molecule has 0 spiro atoms. The van der Waals surface area contributed by atoms with Crippen LogP contribution in [0.15, 0.2) is 6.20 Å². The summed E-state index contributed by atoms with van der Waals surface area (Å²) in [5, 5.41) is 8.71. The molecule has 0 aliphatic rings. The molecule has 0 unspecified atom stereocenters. The smallest absolute Gasteiger partial charge is 0.225 e. The molecule has 15 heavy (non-hydrogen) atoms. The molecule has 1 atom stereocenters. The van der Waals surface area contributed by atoms with Crippen LogP contribution in [-0.4, -0.2) is 23.6 Å². The first-order chi connectivity index (χ1) is 7.04. The molecule has 0 saturated heterocycles. The third-order valence-corrected chi connectivity index (χ3v) is 2.32. The van der Waals surface area contributed by atoms with Gasteiger partial charge in [0.1, 0.15) is 0 Å². The Balaban J connectivity index is 2.79. The van der Waals surface area contributed by atoms with Crippen LogP contribution in [0.25, 0.3) is 0 Å². The Bertz CT molecular complexity index is 381. The van der Waals surface area contributed by atoms with Crippen molar-refractivity contribution in [2.45, 2.75) is 20.8 Å². The van der Waals surface area contributed by atoms with E-state index in [0.717, 1.165) is 11.3 Å². The number of hydrogen-bond acceptors (Lipinski definition) is 4. The van der Waals surface area contributed by atoms with Gasteiger partial charge in [-0.15, -0.1) is 0 Å².